The van der Waals surface area contributed by atoms with E-state index >= 15 is 0 Å². The Morgan fingerprint density at radius 1 is 1.44 bits per heavy atom. The van der Waals surface area contributed by atoms with E-state index in [1.165, 1.54) is 0 Å². The molecule has 0 aromatic rings. The van der Waals surface area contributed by atoms with Crippen LogP contribution in [-0.4, -0.2) is 37.6 Å². The minimum Gasteiger partial charge on any atom is -0.460 e. The number of hydrogen-bond acceptors (Lipinski definition) is 4. The standard InChI is InChI=1S/C13H18O4P/c1-4-6-7-12(3)18(15)11-13(14)17-10-9-16-8-5-2/h2,12H,4,8-11H2,1,3H3/q+1. The molecule has 4 nitrogen and oxygen atoms in total. The molecule has 2 unspecified atom stereocenters. The summed E-state index contributed by atoms with van der Waals surface area (Å²) in [7, 11) is -1.69. The van der Waals surface area contributed by atoms with E-state index in [-0.39, 0.29) is 31.6 Å². The van der Waals surface area contributed by atoms with Gasteiger partial charge in [0.15, 0.2) is 0 Å². The van der Waals surface area contributed by atoms with E-state index in [9.17, 15) is 9.36 Å². The summed E-state index contributed by atoms with van der Waals surface area (Å²) in [6.07, 6.45) is 5.58. The highest BCUT2D eigenvalue weighted by molar-refractivity contribution is 7.46. The van der Waals surface area contributed by atoms with Crippen molar-refractivity contribution in [2.45, 2.75) is 25.9 Å². The Bertz CT molecular complexity index is 373. The highest BCUT2D eigenvalue weighted by atomic mass is 31.1. The molecule has 0 radical (unpaired) electrons. The topological polar surface area (TPSA) is 52.6 Å². The maximum Gasteiger partial charge on any atom is 0.366 e. The molecule has 0 rings (SSSR count). The Balaban J connectivity index is 3.81. The lowest BCUT2D eigenvalue weighted by Crippen LogP contribution is -2.13. The quantitative estimate of drug-likeness (QED) is 0.306. The number of hydrogen-bond donors (Lipinski definition) is 0. The number of carbonyl (C=O) groups is 1. The van der Waals surface area contributed by atoms with Crippen LogP contribution in [0.5, 0.6) is 0 Å². The lowest BCUT2D eigenvalue weighted by Gasteiger charge is -2.01. The van der Waals surface area contributed by atoms with Gasteiger partial charge in [-0.1, -0.05) is 23.3 Å². The van der Waals surface area contributed by atoms with Crippen LogP contribution in [0.2, 0.25) is 0 Å². The number of ether oxygens (including phenoxy) is 2. The molecule has 0 saturated heterocycles. The van der Waals surface area contributed by atoms with Crippen molar-refractivity contribution in [1.82, 2.24) is 0 Å². The third-order valence-corrected chi connectivity index (χ3v) is 3.44. The third kappa shape index (κ3) is 8.76. The summed E-state index contributed by atoms with van der Waals surface area (Å²) in [6, 6.07) is 0. The zero-order valence-corrected chi connectivity index (χ0v) is 11.7. The van der Waals surface area contributed by atoms with E-state index in [1.807, 2.05) is 6.92 Å². The smallest absolute Gasteiger partial charge is 0.366 e. The fourth-order valence-corrected chi connectivity index (χ4v) is 1.83. The van der Waals surface area contributed by atoms with Crippen molar-refractivity contribution in [3.63, 3.8) is 0 Å². The predicted octanol–water partition coefficient (Wildman–Crippen LogP) is 1.81. The van der Waals surface area contributed by atoms with Gasteiger partial charge in [-0.3, -0.25) is 0 Å². The Labute approximate surface area is 109 Å². The predicted molar refractivity (Wildman–Crippen MR) is 70.6 cm³/mol. The first-order valence-corrected chi connectivity index (χ1v) is 7.22. The van der Waals surface area contributed by atoms with Crippen molar-refractivity contribution in [3.8, 4) is 24.2 Å². The van der Waals surface area contributed by atoms with Gasteiger partial charge in [-0.25, -0.2) is 4.79 Å². The fraction of sp³-hybridized carbons (Fsp3) is 0.615. The normalized spacial score (nSPS) is 11.7. The Hall–Kier alpha value is -1.35. The molecule has 18 heavy (non-hydrogen) atoms. The van der Waals surface area contributed by atoms with Crippen LogP contribution in [0.4, 0.5) is 0 Å². The Morgan fingerprint density at radius 3 is 2.78 bits per heavy atom. The van der Waals surface area contributed by atoms with Crippen LogP contribution in [0.1, 0.15) is 20.3 Å². The van der Waals surface area contributed by atoms with Crippen LogP contribution in [0, 0.1) is 24.2 Å². The van der Waals surface area contributed by atoms with Crippen LogP contribution in [0.25, 0.3) is 0 Å². The van der Waals surface area contributed by atoms with Gasteiger partial charge in [0.2, 0.25) is 11.8 Å². The van der Waals surface area contributed by atoms with Gasteiger partial charge < -0.3 is 9.47 Å². The molecule has 0 amide bonds. The zero-order chi connectivity index (χ0) is 13.8. The molecule has 2 atom stereocenters. The van der Waals surface area contributed by atoms with E-state index < -0.39 is 13.8 Å². The zero-order valence-electron chi connectivity index (χ0n) is 10.8. The first kappa shape index (κ1) is 16.6. The molecule has 0 fully saturated rings. The van der Waals surface area contributed by atoms with Crippen LogP contribution in [-0.2, 0) is 18.8 Å². The largest absolute Gasteiger partial charge is 0.460 e. The minimum absolute atomic E-state index is 0.107. The lowest BCUT2D eigenvalue weighted by molar-refractivity contribution is -0.141. The molecule has 0 aromatic heterocycles. The molecule has 0 spiro atoms. The van der Waals surface area contributed by atoms with Crippen LogP contribution in [0.3, 0.4) is 0 Å². The number of rotatable bonds is 7. The molecule has 98 valence electrons. The van der Waals surface area contributed by atoms with Gasteiger partial charge in [0, 0.05) is 6.42 Å². The first-order chi connectivity index (χ1) is 8.61. The van der Waals surface area contributed by atoms with Gasteiger partial charge in [-0.05, 0) is 12.8 Å². The first-order valence-electron chi connectivity index (χ1n) is 5.70. The summed E-state index contributed by atoms with van der Waals surface area (Å²) in [4.78, 5) is 11.3. The molecule has 0 aliphatic heterocycles. The molecular formula is C13H18O4P+. The molecule has 5 heteroatoms. The number of terminal acetylenes is 1. The second-order valence-electron chi connectivity index (χ2n) is 3.40. The Morgan fingerprint density at radius 2 is 2.17 bits per heavy atom. The summed E-state index contributed by atoms with van der Waals surface area (Å²) in [5.74, 6) is 7.48. The average molecular weight is 269 g/mol. The van der Waals surface area contributed by atoms with Crippen molar-refractivity contribution < 1.29 is 18.8 Å². The second-order valence-corrected chi connectivity index (χ2v) is 5.33. The molecular weight excluding hydrogens is 251 g/mol. The van der Waals surface area contributed by atoms with Gasteiger partial charge in [-0.2, -0.15) is 0 Å². The minimum atomic E-state index is -1.69. The second kappa shape index (κ2) is 10.8. The summed E-state index contributed by atoms with van der Waals surface area (Å²) in [5, 5.41) is 0. The molecule has 0 aromatic carbocycles. The van der Waals surface area contributed by atoms with Crippen LogP contribution < -0.4 is 0 Å². The van der Waals surface area contributed by atoms with E-state index in [1.54, 1.807) is 6.92 Å². The van der Waals surface area contributed by atoms with Gasteiger partial charge in [0.1, 0.15) is 13.2 Å². The molecule has 0 aliphatic carbocycles. The average Bonchev–Trinajstić information content (AvgIpc) is 2.35. The van der Waals surface area contributed by atoms with Crippen molar-refractivity contribution in [1.29, 1.82) is 0 Å². The molecule has 0 bridgehead atoms. The van der Waals surface area contributed by atoms with E-state index in [4.69, 9.17) is 15.9 Å². The highest BCUT2D eigenvalue weighted by Gasteiger charge is 2.28. The van der Waals surface area contributed by atoms with Crippen molar-refractivity contribution in [2.24, 2.45) is 0 Å². The maximum absolute atomic E-state index is 11.7. The third-order valence-electron chi connectivity index (χ3n) is 1.88. The molecule has 0 saturated carbocycles. The Kier molecular flexibility index (Phi) is 9.97. The summed E-state index contributed by atoms with van der Waals surface area (Å²) in [5.41, 5.74) is -0.287. The monoisotopic (exact) mass is 269 g/mol. The van der Waals surface area contributed by atoms with E-state index in [0.29, 0.717) is 6.42 Å². The summed E-state index contributed by atoms with van der Waals surface area (Å²) < 4.78 is 21.5. The molecule has 0 aliphatic rings. The summed E-state index contributed by atoms with van der Waals surface area (Å²) in [6.45, 7) is 4.22. The van der Waals surface area contributed by atoms with Gasteiger partial charge >= 0.3 is 13.8 Å². The van der Waals surface area contributed by atoms with Crippen molar-refractivity contribution in [3.05, 3.63) is 0 Å². The number of esters is 1. The highest BCUT2D eigenvalue weighted by Crippen LogP contribution is 2.27. The fourth-order valence-electron chi connectivity index (χ4n) is 0.977. The van der Waals surface area contributed by atoms with E-state index in [0.717, 1.165) is 0 Å². The van der Waals surface area contributed by atoms with Crippen molar-refractivity contribution >= 4 is 13.8 Å². The number of carbonyl (C=O) groups excluding carboxylic acids is 1. The maximum atomic E-state index is 11.7. The van der Waals surface area contributed by atoms with E-state index in [2.05, 4.69) is 17.8 Å². The van der Waals surface area contributed by atoms with Crippen molar-refractivity contribution in [2.75, 3.05) is 26.0 Å². The lowest BCUT2D eigenvalue weighted by atomic mass is 10.4. The van der Waals surface area contributed by atoms with Gasteiger partial charge in [0.25, 0.3) is 0 Å². The SMILES string of the molecule is C#CCOCCOC(=O)C[P+](=O)C(C)C#CCC. The summed E-state index contributed by atoms with van der Waals surface area (Å²) >= 11 is 0. The molecule has 0 N–H and O–H groups in total. The van der Waals surface area contributed by atoms with Crippen LogP contribution >= 0.6 is 7.80 Å². The molecule has 0 heterocycles. The van der Waals surface area contributed by atoms with Gasteiger partial charge in [0.05, 0.1) is 6.61 Å². The van der Waals surface area contributed by atoms with Gasteiger partial charge in [-0.15, -0.1) is 6.42 Å². The van der Waals surface area contributed by atoms with Crippen LogP contribution in [0.15, 0.2) is 0 Å².